The normalized spacial score (nSPS) is 15.3. The summed E-state index contributed by atoms with van der Waals surface area (Å²) < 4.78 is 35.8. The highest BCUT2D eigenvalue weighted by molar-refractivity contribution is 8.14. The number of aliphatic imine (C=N–C) groups is 1. The molecule has 8 heteroatoms. The lowest BCUT2D eigenvalue weighted by atomic mass is 10.2. The fraction of sp³-hybridized carbons (Fsp3) is 0.200. The number of alkyl halides is 2. The summed E-state index contributed by atoms with van der Waals surface area (Å²) in [5.74, 6) is 0.397. The number of hydrogen-bond donors (Lipinski definition) is 0. The van der Waals surface area contributed by atoms with Crippen molar-refractivity contribution < 1.29 is 23.0 Å². The van der Waals surface area contributed by atoms with Crippen molar-refractivity contribution in [2.45, 2.75) is 6.43 Å². The van der Waals surface area contributed by atoms with Gasteiger partial charge in [0, 0.05) is 6.07 Å². The SMILES string of the molecule is COc1ccc(/C=C2\N=C(SCC(F)F)N(c3cccc(OC)c3)C2=O)cc1. The first-order valence-electron chi connectivity index (χ1n) is 8.35. The average Bonchev–Trinajstić information content (AvgIpc) is 3.02. The van der Waals surface area contributed by atoms with Crippen molar-refractivity contribution in [3.05, 3.63) is 59.8 Å². The molecule has 0 fully saturated rings. The molecule has 0 atom stereocenters. The Bertz CT molecular complexity index is 914. The van der Waals surface area contributed by atoms with Crippen LogP contribution in [0.4, 0.5) is 14.5 Å². The molecule has 2 aromatic rings. The molecule has 0 aliphatic carbocycles. The van der Waals surface area contributed by atoms with Crippen LogP contribution in [0, 0.1) is 0 Å². The maximum Gasteiger partial charge on any atom is 0.283 e. The second-order valence-corrected chi connectivity index (χ2v) is 6.73. The van der Waals surface area contributed by atoms with Crippen LogP contribution in [-0.4, -0.2) is 37.5 Å². The van der Waals surface area contributed by atoms with Gasteiger partial charge >= 0.3 is 0 Å². The Hall–Kier alpha value is -2.87. The highest BCUT2D eigenvalue weighted by Gasteiger charge is 2.32. The molecule has 1 aliphatic rings. The van der Waals surface area contributed by atoms with Gasteiger partial charge < -0.3 is 9.47 Å². The van der Waals surface area contributed by atoms with Crippen molar-refractivity contribution in [2.75, 3.05) is 24.9 Å². The van der Waals surface area contributed by atoms with Crippen LogP contribution in [0.25, 0.3) is 6.08 Å². The van der Waals surface area contributed by atoms with Gasteiger partial charge in [-0.25, -0.2) is 13.8 Å². The van der Waals surface area contributed by atoms with E-state index in [1.165, 1.54) is 12.0 Å². The van der Waals surface area contributed by atoms with Gasteiger partial charge in [0.15, 0.2) is 5.17 Å². The molecule has 0 spiro atoms. The molecule has 0 unspecified atom stereocenters. The summed E-state index contributed by atoms with van der Waals surface area (Å²) in [5, 5.41) is 0.207. The van der Waals surface area contributed by atoms with Crippen molar-refractivity contribution in [2.24, 2.45) is 4.99 Å². The number of anilines is 1. The van der Waals surface area contributed by atoms with E-state index in [2.05, 4.69) is 4.99 Å². The minimum Gasteiger partial charge on any atom is -0.497 e. The predicted octanol–water partition coefficient (Wildman–Crippen LogP) is 4.45. The molecule has 1 heterocycles. The third-order valence-corrected chi connectivity index (χ3v) is 4.85. The van der Waals surface area contributed by atoms with Crippen molar-refractivity contribution in [3.63, 3.8) is 0 Å². The van der Waals surface area contributed by atoms with E-state index in [1.54, 1.807) is 61.7 Å². The molecule has 0 bridgehead atoms. The molecule has 146 valence electrons. The molecule has 1 aliphatic heterocycles. The van der Waals surface area contributed by atoms with E-state index in [0.717, 1.165) is 17.3 Å². The molecule has 5 nitrogen and oxygen atoms in total. The highest BCUT2D eigenvalue weighted by Crippen LogP contribution is 2.32. The highest BCUT2D eigenvalue weighted by atomic mass is 32.2. The molecule has 0 saturated heterocycles. The van der Waals surface area contributed by atoms with Gasteiger partial charge in [-0.2, -0.15) is 0 Å². The lowest BCUT2D eigenvalue weighted by Gasteiger charge is -2.18. The van der Waals surface area contributed by atoms with Crippen LogP contribution in [0.15, 0.2) is 59.2 Å². The molecular formula is C20H18F2N2O3S. The number of nitrogens with zero attached hydrogens (tertiary/aromatic N) is 2. The molecule has 28 heavy (non-hydrogen) atoms. The smallest absolute Gasteiger partial charge is 0.283 e. The van der Waals surface area contributed by atoms with Crippen molar-refractivity contribution >= 4 is 34.6 Å². The number of ether oxygens (including phenoxy) is 2. The number of halogens is 2. The van der Waals surface area contributed by atoms with Crippen LogP contribution in [-0.2, 0) is 4.79 Å². The van der Waals surface area contributed by atoms with Gasteiger partial charge in [0.1, 0.15) is 17.2 Å². The van der Waals surface area contributed by atoms with Crippen molar-refractivity contribution in [1.82, 2.24) is 0 Å². The molecule has 2 aromatic carbocycles. The fourth-order valence-corrected chi connectivity index (χ4v) is 3.32. The lowest BCUT2D eigenvalue weighted by Crippen LogP contribution is -2.30. The largest absolute Gasteiger partial charge is 0.497 e. The first-order chi connectivity index (χ1) is 13.5. The third-order valence-electron chi connectivity index (χ3n) is 3.90. The van der Waals surface area contributed by atoms with Crippen LogP contribution >= 0.6 is 11.8 Å². The number of carbonyl (C=O) groups is 1. The summed E-state index contributed by atoms with van der Waals surface area (Å²) in [5.41, 5.74) is 1.42. The second kappa shape index (κ2) is 8.88. The Kier molecular flexibility index (Phi) is 6.30. The topological polar surface area (TPSA) is 51.1 Å². The van der Waals surface area contributed by atoms with Gasteiger partial charge in [-0.3, -0.25) is 9.69 Å². The van der Waals surface area contributed by atoms with Gasteiger partial charge in [-0.15, -0.1) is 0 Å². The minimum absolute atomic E-state index is 0.171. The number of thioether (sulfide) groups is 1. The molecule has 1 amide bonds. The van der Waals surface area contributed by atoms with E-state index in [4.69, 9.17) is 9.47 Å². The summed E-state index contributed by atoms with van der Waals surface area (Å²) in [6.45, 7) is 0. The summed E-state index contributed by atoms with van der Waals surface area (Å²) in [6, 6.07) is 13.9. The van der Waals surface area contributed by atoms with E-state index < -0.39 is 12.2 Å². The maximum atomic E-state index is 13.0. The molecule has 0 radical (unpaired) electrons. The predicted molar refractivity (Wildman–Crippen MR) is 107 cm³/mol. The minimum atomic E-state index is -2.51. The Labute approximate surface area is 165 Å². The zero-order valence-corrected chi connectivity index (χ0v) is 16.1. The van der Waals surface area contributed by atoms with Crippen molar-refractivity contribution in [3.8, 4) is 11.5 Å². The van der Waals surface area contributed by atoms with E-state index in [0.29, 0.717) is 17.2 Å². The van der Waals surface area contributed by atoms with Gasteiger partial charge in [0.25, 0.3) is 5.91 Å². The molecule has 0 N–H and O–H groups in total. The number of carbonyl (C=O) groups excluding carboxylic acids is 1. The van der Waals surface area contributed by atoms with Gasteiger partial charge in [0.2, 0.25) is 6.43 Å². The first-order valence-corrected chi connectivity index (χ1v) is 9.34. The maximum absolute atomic E-state index is 13.0. The summed E-state index contributed by atoms with van der Waals surface area (Å²) in [6.07, 6.45) is -0.894. The Morgan fingerprint density at radius 3 is 2.46 bits per heavy atom. The zero-order valence-electron chi connectivity index (χ0n) is 15.3. The molecule has 0 saturated carbocycles. The number of amidine groups is 1. The number of hydrogen-bond acceptors (Lipinski definition) is 5. The van der Waals surface area contributed by atoms with Gasteiger partial charge in [-0.05, 0) is 35.9 Å². The third kappa shape index (κ3) is 4.51. The van der Waals surface area contributed by atoms with Crippen molar-refractivity contribution in [1.29, 1.82) is 0 Å². The zero-order chi connectivity index (χ0) is 20.1. The Morgan fingerprint density at radius 1 is 1.11 bits per heavy atom. The van der Waals surface area contributed by atoms with Crippen LogP contribution in [0.3, 0.4) is 0 Å². The van der Waals surface area contributed by atoms with Crippen LogP contribution < -0.4 is 14.4 Å². The molecular weight excluding hydrogens is 386 g/mol. The second-order valence-electron chi connectivity index (χ2n) is 5.74. The van der Waals surface area contributed by atoms with Gasteiger partial charge in [0.05, 0.1) is 25.7 Å². The number of methoxy groups -OCH3 is 2. The summed E-state index contributed by atoms with van der Waals surface area (Å²) >= 11 is 0.836. The van der Waals surface area contributed by atoms with Crippen LogP contribution in [0.5, 0.6) is 11.5 Å². The average molecular weight is 404 g/mol. The van der Waals surface area contributed by atoms with Crippen LogP contribution in [0.2, 0.25) is 0 Å². The fourth-order valence-electron chi connectivity index (χ4n) is 2.57. The monoisotopic (exact) mass is 404 g/mol. The Balaban J connectivity index is 1.95. The van der Waals surface area contributed by atoms with Gasteiger partial charge in [-0.1, -0.05) is 30.0 Å². The number of rotatable bonds is 6. The van der Waals surface area contributed by atoms with E-state index >= 15 is 0 Å². The number of benzene rings is 2. The first kappa shape index (κ1) is 19.9. The van der Waals surface area contributed by atoms with E-state index in [9.17, 15) is 13.6 Å². The Morgan fingerprint density at radius 2 is 1.82 bits per heavy atom. The van der Waals surface area contributed by atoms with Crippen LogP contribution in [0.1, 0.15) is 5.56 Å². The van der Waals surface area contributed by atoms with E-state index in [-0.39, 0.29) is 16.8 Å². The van der Waals surface area contributed by atoms with E-state index in [1.807, 2.05) is 0 Å². The summed E-state index contributed by atoms with van der Waals surface area (Å²) in [7, 11) is 3.08. The molecule has 3 rings (SSSR count). The lowest BCUT2D eigenvalue weighted by molar-refractivity contribution is -0.113. The molecule has 0 aromatic heterocycles. The standard InChI is InChI=1S/C20H18F2N2O3S/c1-26-15-8-6-13(7-9-15)10-17-19(25)24(20(23-17)28-12-18(21)22)14-4-3-5-16(11-14)27-2/h3-11,18H,12H2,1-2H3/b17-10-. The quantitative estimate of drug-likeness (QED) is 0.668. The number of amides is 1. The summed E-state index contributed by atoms with van der Waals surface area (Å²) in [4.78, 5) is 18.6.